The number of amides is 1. The molecular formula is C17H29N5O. The minimum atomic E-state index is -0.130. The van der Waals surface area contributed by atoms with Crippen LogP contribution in [0.5, 0.6) is 0 Å². The maximum absolute atomic E-state index is 12.1. The van der Waals surface area contributed by atoms with Gasteiger partial charge < -0.3 is 15.5 Å². The lowest BCUT2D eigenvalue weighted by Crippen LogP contribution is -2.28. The Labute approximate surface area is 139 Å². The van der Waals surface area contributed by atoms with E-state index in [1.807, 2.05) is 14.1 Å². The molecular weight excluding hydrogens is 290 g/mol. The number of nitrogens with one attached hydrogen (secondary N) is 2. The van der Waals surface area contributed by atoms with Gasteiger partial charge in [0.2, 0.25) is 0 Å². The van der Waals surface area contributed by atoms with Crippen molar-refractivity contribution in [2.45, 2.75) is 51.0 Å². The predicted octanol–water partition coefficient (Wildman–Crippen LogP) is 2.29. The van der Waals surface area contributed by atoms with Gasteiger partial charge in [-0.15, -0.1) is 0 Å². The molecule has 2 N–H and O–H groups in total. The number of rotatable bonds is 7. The second-order valence-electron chi connectivity index (χ2n) is 6.53. The topological polar surface area (TPSA) is 70.2 Å². The van der Waals surface area contributed by atoms with Gasteiger partial charge in [-0.2, -0.15) is 0 Å². The van der Waals surface area contributed by atoms with Gasteiger partial charge in [-0.25, -0.2) is 9.97 Å². The Hall–Kier alpha value is -1.69. The van der Waals surface area contributed by atoms with Crippen LogP contribution in [-0.4, -0.2) is 54.0 Å². The lowest BCUT2D eigenvalue weighted by Gasteiger charge is -2.17. The molecule has 1 amide bonds. The minimum absolute atomic E-state index is 0.130. The molecule has 2 rings (SSSR count). The average Bonchev–Trinajstić information content (AvgIpc) is 2.80. The molecule has 23 heavy (non-hydrogen) atoms. The second kappa shape index (κ2) is 9.45. The Morgan fingerprint density at radius 2 is 1.96 bits per heavy atom. The van der Waals surface area contributed by atoms with Gasteiger partial charge in [0.05, 0.1) is 0 Å². The molecule has 1 fully saturated rings. The molecule has 1 heterocycles. The Morgan fingerprint density at radius 1 is 1.22 bits per heavy atom. The van der Waals surface area contributed by atoms with Crippen molar-refractivity contribution in [1.82, 2.24) is 20.2 Å². The van der Waals surface area contributed by atoms with Crippen LogP contribution in [0.2, 0.25) is 0 Å². The molecule has 0 unspecified atom stereocenters. The molecule has 0 bridgehead atoms. The number of anilines is 1. The van der Waals surface area contributed by atoms with E-state index in [0.717, 1.165) is 18.8 Å². The van der Waals surface area contributed by atoms with Crippen LogP contribution in [0.1, 0.15) is 55.4 Å². The van der Waals surface area contributed by atoms with Gasteiger partial charge in [0.25, 0.3) is 5.91 Å². The first-order chi connectivity index (χ1) is 11.1. The van der Waals surface area contributed by atoms with Crippen LogP contribution in [0.15, 0.2) is 12.4 Å². The molecule has 1 aromatic rings. The molecule has 0 radical (unpaired) electrons. The summed E-state index contributed by atoms with van der Waals surface area (Å²) in [6.07, 6.45) is 9.92. The van der Waals surface area contributed by atoms with Crippen LogP contribution in [0.4, 0.5) is 5.82 Å². The zero-order valence-corrected chi connectivity index (χ0v) is 14.3. The summed E-state index contributed by atoms with van der Waals surface area (Å²) in [4.78, 5) is 22.6. The quantitative estimate of drug-likeness (QED) is 0.596. The maximum Gasteiger partial charge on any atom is 0.270 e. The minimum Gasteiger partial charge on any atom is -0.367 e. The number of hydrogen-bond donors (Lipinski definition) is 2. The summed E-state index contributed by atoms with van der Waals surface area (Å²) in [5.74, 6) is 0.625. The molecule has 1 aromatic heterocycles. The smallest absolute Gasteiger partial charge is 0.270 e. The normalized spacial score (nSPS) is 16.1. The molecule has 6 nitrogen and oxygen atoms in total. The van der Waals surface area contributed by atoms with Crippen molar-refractivity contribution in [2.24, 2.45) is 0 Å². The average molecular weight is 319 g/mol. The summed E-state index contributed by atoms with van der Waals surface area (Å²) >= 11 is 0. The summed E-state index contributed by atoms with van der Waals surface area (Å²) in [7, 11) is 4.05. The molecule has 1 aliphatic rings. The van der Waals surface area contributed by atoms with Gasteiger partial charge in [0.1, 0.15) is 17.8 Å². The second-order valence-corrected chi connectivity index (χ2v) is 6.53. The fourth-order valence-electron chi connectivity index (χ4n) is 2.88. The van der Waals surface area contributed by atoms with Crippen LogP contribution < -0.4 is 10.6 Å². The third-order valence-corrected chi connectivity index (χ3v) is 4.17. The van der Waals surface area contributed by atoms with Gasteiger partial charge in [-0.05, 0) is 39.9 Å². The number of hydrogen-bond acceptors (Lipinski definition) is 5. The zero-order valence-electron chi connectivity index (χ0n) is 14.3. The first-order valence-electron chi connectivity index (χ1n) is 8.66. The summed E-state index contributed by atoms with van der Waals surface area (Å²) in [6, 6.07) is 2.22. The molecule has 128 valence electrons. The summed E-state index contributed by atoms with van der Waals surface area (Å²) in [5, 5.41) is 6.37. The monoisotopic (exact) mass is 319 g/mol. The van der Waals surface area contributed by atoms with Crippen LogP contribution in [0, 0.1) is 0 Å². The standard InChI is InChI=1S/C17H29N5O/c1-22(2)11-7-10-18-17(23)15-12-16(20-13-19-15)21-14-8-5-3-4-6-9-14/h12-14H,3-11H2,1-2H3,(H,18,23)(H,19,20,21). The number of carbonyl (C=O) groups excluding carboxylic acids is 1. The first-order valence-corrected chi connectivity index (χ1v) is 8.66. The highest BCUT2D eigenvalue weighted by molar-refractivity contribution is 5.92. The molecule has 0 spiro atoms. The van der Waals surface area contributed by atoms with Crippen LogP contribution in [0.25, 0.3) is 0 Å². The Morgan fingerprint density at radius 3 is 2.65 bits per heavy atom. The highest BCUT2D eigenvalue weighted by Gasteiger charge is 2.14. The third kappa shape index (κ3) is 6.52. The fraction of sp³-hybridized carbons (Fsp3) is 0.706. The van der Waals surface area contributed by atoms with E-state index in [2.05, 4.69) is 25.5 Å². The summed E-state index contributed by atoms with van der Waals surface area (Å²) in [6.45, 7) is 1.62. The molecule has 0 atom stereocenters. The van der Waals surface area contributed by atoms with E-state index in [0.29, 0.717) is 18.3 Å². The molecule has 6 heteroatoms. The largest absolute Gasteiger partial charge is 0.367 e. The molecule has 0 aliphatic heterocycles. The van der Waals surface area contributed by atoms with Gasteiger partial charge >= 0.3 is 0 Å². The predicted molar refractivity (Wildman–Crippen MR) is 92.6 cm³/mol. The van der Waals surface area contributed by atoms with E-state index in [4.69, 9.17) is 0 Å². The van der Waals surface area contributed by atoms with Gasteiger partial charge in [-0.1, -0.05) is 25.7 Å². The van der Waals surface area contributed by atoms with E-state index in [1.54, 1.807) is 6.07 Å². The Kier molecular flexibility index (Phi) is 7.26. The van der Waals surface area contributed by atoms with E-state index < -0.39 is 0 Å². The van der Waals surface area contributed by atoms with E-state index in [1.165, 1.54) is 44.9 Å². The van der Waals surface area contributed by atoms with Crippen LogP contribution in [0.3, 0.4) is 0 Å². The number of nitrogens with zero attached hydrogens (tertiary/aromatic N) is 3. The van der Waals surface area contributed by atoms with Gasteiger partial charge in [0, 0.05) is 18.7 Å². The van der Waals surface area contributed by atoms with Crippen LogP contribution >= 0.6 is 0 Å². The molecule has 0 saturated heterocycles. The van der Waals surface area contributed by atoms with E-state index in [9.17, 15) is 4.79 Å². The Balaban J connectivity index is 1.84. The maximum atomic E-state index is 12.1. The summed E-state index contributed by atoms with van der Waals surface area (Å²) < 4.78 is 0. The third-order valence-electron chi connectivity index (χ3n) is 4.17. The van der Waals surface area contributed by atoms with Crippen molar-refractivity contribution in [3.8, 4) is 0 Å². The highest BCUT2D eigenvalue weighted by atomic mass is 16.1. The van der Waals surface area contributed by atoms with Gasteiger partial charge in [0.15, 0.2) is 0 Å². The fourth-order valence-corrected chi connectivity index (χ4v) is 2.88. The van der Waals surface area contributed by atoms with Crippen molar-refractivity contribution in [2.75, 3.05) is 32.5 Å². The molecule has 1 saturated carbocycles. The lowest BCUT2D eigenvalue weighted by molar-refractivity contribution is 0.0947. The SMILES string of the molecule is CN(C)CCCNC(=O)c1cc(NC2CCCCCC2)ncn1. The zero-order chi connectivity index (χ0) is 16.5. The van der Waals surface area contributed by atoms with Gasteiger partial charge in [-0.3, -0.25) is 4.79 Å². The Bertz CT molecular complexity index is 484. The van der Waals surface area contributed by atoms with Crippen molar-refractivity contribution < 1.29 is 4.79 Å². The number of aromatic nitrogens is 2. The van der Waals surface area contributed by atoms with Crippen molar-refractivity contribution >= 4 is 11.7 Å². The molecule has 1 aliphatic carbocycles. The van der Waals surface area contributed by atoms with Crippen molar-refractivity contribution in [3.63, 3.8) is 0 Å². The molecule has 0 aromatic carbocycles. The van der Waals surface area contributed by atoms with Crippen molar-refractivity contribution in [3.05, 3.63) is 18.1 Å². The first kappa shape index (κ1) is 17.7. The summed E-state index contributed by atoms with van der Waals surface area (Å²) in [5.41, 5.74) is 0.431. The van der Waals surface area contributed by atoms with E-state index >= 15 is 0 Å². The van der Waals surface area contributed by atoms with Crippen LogP contribution in [-0.2, 0) is 0 Å². The van der Waals surface area contributed by atoms with Crippen molar-refractivity contribution in [1.29, 1.82) is 0 Å². The number of carbonyl (C=O) groups is 1. The van der Waals surface area contributed by atoms with E-state index in [-0.39, 0.29) is 5.91 Å². The lowest BCUT2D eigenvalue weighted by atomic mass is 10.1. The highest BCUT2D eigenvalue weighted by Crippen LogP contribution is 2.20.